The predicted molar refractivity (Wildman–Crippen MR) is 84.2 cm³/mol. The number of nitrogens with zero attached hydrogens (tertiary/aromatic N) is 1. The molecule has 1 fully saturated rings. The fourth-order valence-corrected chi connectivity index (χ4v) is 3.89. The molecule has 0 radical (unpaired) electrons. The topological polar surface area (TPSA) is 92.5 Å². The lowest BCUT2D eigenvalue weighted by Crippen LogP contribution is -2.54. The van der Waals surface area contributed by atoms with E-state index in [9.17, 15) is 13.2 Å². The average Bonchev–Trinajstić information content (AvgIpc) is 2.37. The van der Waals surface area contributed by atoms with E-state index in [0.717, 1.165) is 0 Å². The van der Waals surface area contributed by atoms with E-state index in [1.165, 1.54) is 4.31 Å². The fourth-order valence-electron chi connectivity index (χ4n) is 2.35. The predicted octanol–water partition coefficient (Wildman–Crippen LogP) is 0.680. The van der Waals surface area contributed by atoms with E-state index in [4.69, 9.17) is 5.73 Å². The summed E-state index contributed by atoms with van der Waals surface area (Å²) in [4.78, 5) is 12.1. The smallest absolute Gasteiger partial charge is 0.237 e. The van der Waals surface area contributed by atoms with Gasteiger partial charge in [0.1, 0.15) is 0 Å². The van der Waals surface area contributed by atoms with Crippen molar-refractivity contribution in [2.45, 2.75) is 59.0 Å². The van der Waals surface area contributed by atoms with Gasteiger partial charge in [0.25, 0.3) is 0 Å². The number of rotatable bonds is 5. The van der Waals surface area contributed by atoms with Crippen molar-refractivity contribution in [3.05, 3.63) is 0 Å². The Morgan fingerprint density at radius 2 is 1.86 bits per heavy atom. The lowest BCUT2D eigenvalue weighted by Gasteiger charge is -2.33. The highest BCUT2D eigenvalue weighted by Crippen LogP contribution is 2.19. The molecule has 1 rings (SSSR count). The number of sulfonamides is 1. The third-order valence-corrected chi connectivity index (χ3v) is 5.95. The van der Waals surface area contributed by atoms with Gasteiger partial charge in [0.2, 0.25) is 15.9 Å². The second-order valence-corrected chi connectivity index (χ2v) is 8.93. The van der Waals surface area contributed by atoms with Crippen LogP contribution in [0.5, 0.6) is 0 Å². The Morgan fingerprint density at radius 1 is 1.33 bits per heavy atom. The van der Waals surface area contributed by atoms with Crippen LogP contribution >= 0.6 is 0 Å². The summed E-state index contributed by atoms with van der Waals surface area (Å²) in [5.41, 5.74) is 5.65. The molecular weight excluding hydrogens is 290 g/mol. The summed E-state index contributed by atoms with van der Waals surface area (Å²) in [7, 11) is -3.13. The zero-order chi connectivity index (χ0) is 16.3. The number of nitrogens with one attached hydrogen (secondary N) is 1. The van der Waals surface area contributed by atoms with Crippen molar-refractivity contribution in [3.8, 4) is 0 Å². The normalized spacial score (nSPS) is 20.2. The first kappa shape index (κ1) is 18.4. The molecule has 1 saturated heterocycles. The number of piperidine rings is 1. The Morgan fingerprint density at radius 3 is 2.29 bits per heavy atom. The number of nitrogens with two attached hydrogens (primary N) is 1. The molecule has 0 aliphatic carbocycles. The van der Waals surface area contributed by atoms with Gasteiger partial charge in [-0.25, -0.2) is 12.7 Å². The van der Waals surface area contributed by atoms with Gasteiger partial charge in [-0.05, 0) is 24.7 Å². The van der Waals surface area contributed by atoms with Crippen molar-refractivity contribution in [2.24, 2.45) is 11.1 Å². The molecule has 1 heterocycles. The lowest BCUT2D eigenvalue weighted by atomic mass is 9.86. The van der Waals surface area contributed by atoms with Crippen LogP contribution in [0.25, 0.3) is 0 Å². The molecule has 6 nitrogen and oxygen atoms in total. The Bertz CT molecular complexity index is 449. The third kappa shape index (κ3) is 5.23. The van der Waals surface area contributed by atoms with Crippen LogP contribution in [-0.4, -0.2) is 49.6 Å². The maximum Gasteiger partial charge on any atom is 0.237 e. The first-order valence-corrected chi connectivity index (χ1v) is 9.22. The highest BCUT2D eigenvalue weighted by molar-refractivity contribution is 7.89. The van der Waals surface area contributed by atoms with Gasteiger partial charge >= 0.3 is 0 Å². The van der Waals surface area contributed by atoms with Gasteiger partial charge in [0, 0.05) is 19.1 Å². The van der Waals surface area contributed by atoms with Crippen molar-refractivity contribution in [2.75, 3.05) is 18.8 Å². The van der Waals surface area contributed by atoms with Gasteiger partial charge in [-0.15, -0.1) is 0 Å². The van der Waals surface area contributed by atoms with Gasteiger partial charge < -0.3 is 11.1 Å². The van der Waals surface area contributed by atoms with Gasteiger partial charge in [-0.1, -0.05) is 27.7 Å². The minimum absolute atomic E-state index is 0.0129. The molecule has 0 saturated carbocycles. The molecule has 7 heteroatoms. The van der Waals surface area contributed by atoms with E-state index in [0.29, 0.717) is 32.4 Å². The maximum absolute atomic E-state index is 12.1. The standard InChI is InChI=1S/C14H29N3O3S/c1-5-10-21(19,20)17-8-6-11(7-9-17)16-13(18)12(15)14(2,3)4/h11-12H,5-10,15H2,1-4H3,(H,16,18)/t12-/m1/s1. The summed E-state index contributed by atoms with van der Waals surface area (Å²) in [6.07, 6.45) is 1.91. The summed E-state index contributed by atoms with van der Waals surface area (Å²) in [5, 5.41) is 2.94. The summed E-state index contributed by atoms with van der Waals surface area (Å²) in [5.74, 6) is 0.0382. The summed E-state index contributed by atoms with van der Waals surface area (Å²) in [6, 6.07) is -0.543. The van der Waals surface area contributed by atoms with E-state index < -0.39 is 16.1 Å². The van der Waals surface area contributed by atoms with Crippen LogP contribution in [-0.2, 0) is 14.8 Å². The van der Waals surface area contributed by atoms with Crippen molar-refractivity contribution in [3.63, 3.8) is 0 Å². The highest BCUT2D eigenvalue weighted by Gasteiger charge is 2.31. The zero-order valence-corrected chi connectivity index (χ0v) is 14.4. The summed E-state index contributed by atoms with van der Waals surface area (Å²) < 4.78 is 25.5. The molecule has 1 amide bonds. The lowest BCUT2D eigenvalue weighted by molar-refractivity contribution is -0.125. The van der Waals surface area contributed by atoms with Gasteiger partial charge in [-0.2, -0.15) is 0 Å². The van der Waals surface area contributed by atoms with Gasteiger partial charge in [0.05, 0.1) is 11.8 Å². The number of carbonyl (C=O) groups excluding carboxylic acids is 1. The number of hydrogen-bond donors (Lipinski definition) is 2. The van der Waals surface area contributed by atoms with Crippen LogP contribution in [0.4, 0.5) is 0 Å². The van der Waals surface area contributed by atoms with Gasteiger partial charge in [0.15, 0.2) is 0 Å². The van der Waals surface area contributed by atoms with Crippen LogP contribution in [0.1, 0.15) is 47.0 Å². The molecule has 0 unspecified atom stereocenters. The van der Waals surface area contributed by atoms with Crippen LogP contribution in [0.15, 0.2) is 0 Å². The molecule has 3 N–H and O–H groups in total. The Hall–Kier alpha value is -0.660. The quantitative estimate of drug-likeness (QED) is 0.779. The minimum Gasteiger partial charge on any atom is -0.352 e. The van der Waals surface area contributed by atoms with E-state index in [2.05, 4.69) is 5.32 Å². The molecule has 0 aromatic rings. The largest absolute Gasteiger partial charge is 0.352 e. The first-order valence-electron chi connectivity index (χ1n) is 7.61. The molecular formula is C14H29N3O3S. The van der Waals surface area contributed by atoms with E-state index >= 15 is 0 Å². The Labute approximate surface area is 128 Å². The molecule has 0 spiro atoms. The molecule has 0 aromatic heterocycles. The van der Waals surface area contributed by atoms with E-state index in [1.54, 1.807) is 0 Å². The number of amides is 1. The summed E-state index contributed by atoms with van der Waals surface area (Å²) in [6.45, 7) is 8.58. The molecule has 1 aliphatic heterocycles. The fraction of sp³-hybridized carbons (Fsp3) is 0.929. The first-order chi connectivity index (χ1) is 9.58. The van der Waals surface area contributed by atoms with Gasteiger partial charge in [-0.3, -0.25) is 4.79 Å². The molecule has 21 heavy (non-hydrogen) atoms. The summed E-state index contributed by atoms with van der Waals surface area (Å²) >= 11 is 0. The third-order valence-electron chi connectivity index (χ3n) is 3.87. The Kier molecular flexibility index (Phi) is 6.19. The Balaban J connectivity index is 2.49. The molecule has 0 bridgehead atoms. The number of hydrogen-bond acceptors (Lipinski definition) is 4. The minimum atomic E-state index is -3.13. The maximum atomic E-state index is 12.1. The van der Waals surface area contributed by atoms with E-state index in [-0.39, 0.29) is 23.1 Å². The zero-order valence-electron chi connectivity index (χ0n) is 13.6. The number of carbonyl (C=O) groups is 1. The van der Waals surface area contributed by atoms with Crippen LogP contribution in [0.3, 0.4) is 0 Å². The monoisotopic (exact) mass is 319 g/mol. The second kappa shape index (κ2) is 7.07. The molecule has 1 aliphatic rings. The van der Waals surface area contributed by atoms with Crippen molar-refractivity contribution in [1.82, 2.24) is 9.62 Å². The van der Waals surface area contributed by atoms with Crippen LogP contribution in [0, 0.1) is 5.41 Å². The molecule has 1 atom stereocenters. The SMILES string of the molecule is CCCS(=O)(=O)N1CCC(NC(=O)[C@@H](N)C(C)(C)C)CC1. The van der Waals surface area contributed by atoms with Crippen LogP contribution < -0.4 is 11.1 Å². The van der Waals surface area contributed by atoms with Crippen molar-refractivity contribution in [1.29, 1.82) is 0 Å². The van der Waals surface area contributed by atoms with E-state index in [1.807, 2.05) is 27.7 Å². The average molecular weight is 319 g/mol. The second-order valence-electron chi connectivity index (χ2n) is 6.84. The highest BCUT2D eigenvalue weighted by atomic mass is 32.2. The molecule has 0 aromatic carbocycles. The van der Waals surface area contributed by atoms with Crippen molar-refractivity contribution >= 4 is 15.9 Å². The molecule has 124 valence electrons. The van der Waals surface area contributed by atoms with Crippen molar-refractivity contribution < 1.29 is 13.2 Å². The van der Waals surface area contributed by atoms with Crippen LogP contribution in [0.2, 0.25) is 0 Å².